The zero-order valence-corrected chi connectivity index (χ0v) is 18.6. The molecule has 28 heavy (non-hydrogen) atoms. The number of benzene rings is 2. The summed E-state index contributed by atoms with van der Waals surface area (Å²) in [6.07, 6.45) is 0. The van der Waals surface area contributed by atoms with Crippen LogP contribution in [0.25, 0.3) is 0 Å². The minimum absolute atomic E-state index is 0.0330. The number of allylic oxidation sites excluding steroid dienone is 1. The Bertz CT molecular complexity index is 871. The van der Waals surface area contributed by atoms with Crippen LogP contribution in [0.15, 0.2) is 52.0 Å². The van der Waals surface area contributed by atoms with Crippen LogP contribution in [-0.4, -0.2) is 11.7 Å². The monoisotopic (exact) mass is 401 g/mol. The summed E-state index contributed by atoms with van der Waals surface area (Å²) in [6.45, 7) is 12.2. The van der Waals surface area contributed by atoms with E-state index in [0.717, 1.165) is 11.1 Å². The second-order valence-corrected chi connectivity index (χ2v) is 9.42. The molecular formula is C22H31N3O2S. The minimum atomic E-state index is -1.51. The molecule has 1 unspecified atom stereocenters. The van der Waals surface area contributed by atoms with Crippen molar-refractivity contribution >= 4 is 16.9 Å². The van der Waals surface area contributed by atoms with E-state index in [-0.39, 0.29) is 10.4 Å². The summed E-state index contributed by atoms with van der Waals surface area (Å²) in [7, 11) is 1.60. The van der Waals surface area contributed by atoms with Gasteiger partial charge in [0.2, 0.25) is 5.03 Å². The molecule has 6 heteroatoms. The lowest BCUT2D eigenvalue weighted by atomic mass is 9.87. The maximum absolute atomic E-state index is 13.0. The fourth-order valence-corrected chi connectivity index (χ4v) is 3.77. The zero-order valence-electron chi connectivity index (χ0n) is 17.8. The van der Waals surface area contributed by atoms with Crippen LogP contribution in [0.5, 0.6) is 5.75 Å². The van der Waals surface area contributed by atoms with Crippen molar-refractivity contribution in [1.29, 1.82) is 0 Å². The molecule has 2 rings (SSSR count). The lowest BCUT2D eigenvalue weighted by Gasteiger charge is -2.24. The largest absolute Gasteiger partial charge is 0.605 e. The Labute approximate surface area is 171 Å². The van der Waals surface area contributed by atoms with Gasteiger partial charge in [0.1, 0.15) is 11.4 Å². The molecule has 0 spiro atoms. The third-order valence-electron chi connectivity index (χ3n) is 4.91. The lowest BCUT2D eigenvalue weighted by Crippen LogP contribution is -2.33. The van der Waals surface area contributed by atoms with Crippen molar-refractivity contribution in [3.05, 3.63) is 63.8 Å². The molecule has 1 atom stereocenters. The van der Waals surface area contributed by atoms with E-state index in [1.807, 2.05) is 50.2 Å². The third kappa shape index (κ3) is 4.63. The Morgan fingerprint density at radius 1 is 1.07 bits per heavy atom. The fraction of sp³-hybridized carbons (Fsp3) is 0.364. The standard InChI is InChI=1S/C22H31N3O2S/c1-14-12-19(20(27-7)13-15(14)2)25(24)16(3)21(23)28(26)18-10-8-17(9-11-18)22(4,5)6/h8-13H,23-24H2,1-7H3/b21-16+. The van der Waals surface area contributed by atoms with Crippen LogP contribution in [0.3, 0.4) is 0 Å². The number of hydrogen-bond acceptors (Lipinski definition) is 5. The van der Waals surface area contributed by atoms with E-state index in [0.29, 0.717) is 22.0 Å². The first-order valence-corrected chi connectivity index (χ1v) is 10.3. The minimum Gasteiger partial charge on any atom is -0.605 e. The average molecular weight is 402 g/mol. The van der Waals surface area contributed by atoms with E-state index in [2.05, 4.69) is 20.8 Å². The second kappa shape index (κ2) is 8.47. The Morgan fingerprint density at radius 2 is 1.61 bits per heavy atom. The van der Waals surface area contributed by atoms with Crippen molar-refractivity contribution in [2.75, 3.05) is 12.1 Å². The highest BCUT2D eigenvalue weighted by atomic mass is 32.2. The van der Waals surface area contributed by atoms with Gasteiger partial charge in [0.25, 0.3) is 0 Å². The number of hydrogen-bond donors (Lipinski definition) is 2. The molecule has 0 aliphatic carbocycles. The SMILES string of the molecule is COc1cc(C)c(C)cc1N(N)/C(C)=C(\N)[S+]([O-])c1ccc(C(C)(C)C)cc1. The number of anilines is 1. The van der Waals surface area contributed by atoms with Crippen molar-refractivity contribution < 1.29 is 9.29 Å². The molecule has 0 saturated carbocycles. The van der Waals surface area contributed by atoms with Crippen LogP contribution in [0, 0.1) is 13.8 Å². The summed E-state index contributed by atoms with van der Waals surface area (Å²) < 4.78 is 18.4. The maximum Gasteiger partial charge on any atom is 0.242 e. The van der Waals surface area contributed by atoms with Gasteiger partial charge < -0.3 is 15.0 Å². The van der Waals surface area contributed by atoms with Crippen LogP contribution in [-0.2, 0) is 16.6 Å². The molecular weight excluding hydrogens is 370 g/mol. The number of hydrazine groups is 1. The Morgan fingerprint density at radius 3 is 2.11 bits per heavy atom. The summed E-state index contributed by atoms with van der Waals surface area (Å²) in [4.78, 5) is 0.644. The van der Waals surface area contributed by atoms with E-state index < -0.39 is 11.2 Å². The van der Waals surface area contributed by atoms with Crippen molar-refractivity contribution in [3.63, 3.8) is 0 Å². The molecule has 0 aliphatic heterocycles. The first-order valence-electron chi connectivity index (χ1n) is 9.16. The summed E-state index contributed by atoms with van der Waals surface area (Å²) in [5.74, 6) is 6.95. The molecule has 5 nitrogen and oxygen atoms in total. The van der Waals surface area contributed by atoms with Gasteiger partial charge >= 0.3 is 0 Å². The molecule has 152 valence electrons. The van der Waals surface area contributed by atoms with Gasteiger partial charge in [0, 0.05) is 11.2 Å². The molecule has 2 aromatic carbocycles. The normalized spacial score (nSPS) is 13.8. The highest BCUT2D eigenvalue weighted by molar-refractivity contribution is 7.95. The molecule has 0 saturated heterocycles. The van der Waals surface area contributed by atoms with Gasteiger partial charge in [0.05, 0.1) is 12.8 Å². The maximum atomic E-state index is 13.0. The molecule has 2 aromatic rings. The lowest BCUT2D eigenvalue weighted by molar-refractivity contribution is 0.414. The number of rotatable bonds is 5. The summed E-state index contributed by atoms with van der Waals surface area (Å²) in [5.41, 5.74) is 10.8. The van der Waals surface area contributed by atoms with Crippen LogP contribution in [0.1, 0.15) is 44.4 Å². The van der Waals surface area contributed by atoms with E-state index in [1.54, 1.807) is 14.0 Å². The van der Waals surface area contributed by atoms with Gasteiger partial charge in [0.15, 0.2) is 4.90 Å². The van der Waals surface area contributed by atoms with Crippen molar-refractivity contribution in [3.8, 4) is 5.75 Å². The van der Waals surface area contributed by atoms with Gasteiger partial charge in [-0.15, -0.1) is 0 Å². The number of methoxy groups -OCH3 is 1. The van der Waals surface area contributed by atoms with Crippen molar-refractivity contribution in [2.24, 2.45) is 11.6 Å². The summed E-state index contributed by atoms with van der Waals surface area (Å²) in [5, 5.41) is 1.65. The second-order valence-electron chi connectivity index (χ2n) is 7.97. The summed E-state index contributed by atoms with van der Waals surface area (Å²) in [6, 6.07) is 11.6. The molecule has 0 radical (unpaired) electrons. The molecule has 4 N–H and O–H groups in total. The highest BCUT2D eigenvalue weighted by Gasteiger charge is 2.23. The topological polar surface area (TPSA) is 87.6 Å². The van der Waals surface area contributed by atoms with Crippen LogP contribution < -0.4 is 21.3 Å². The Balaban J connectivity index is 2.37. The number of nitrogens with zero attached hydrogens (tertiary/aromatic N) is 1. The predicted octanol–water partition coefficient (Wildman–Crippen LogP) is 4.25. The van der Waals surface area contributed by atoms with Gasteiger partial charge in [-0.25, -0.2) is 5.84 Å². The van der Waals surface area contributed by atoms with Crippen molar-refractivity contribution in [2.45, 2.75) is 51.9 Å². The molecule has 0 fully saturated rings. The van der Waals surface area contributed by atoms with Gasteiger partial charge in [-0.2, -0.15) is 0 Å². The summed E-state index contributed by atoms with van der Waals surface area (Å²) >= 11 is -1.51. The predicted molar refractivity (Wildman–Crippen MR) is 118 cm³/mol. The first-order chi connectivity index (χ1) is 13.0. The van der Waals surface area contributed by atoms with Crippen molar-refractivity contribution in [1.82, 2.24) is 0 Å². The Hall–Kier alpha value is -2.15. The van der Waals surface area contributed by atoms with Crippen LogP contribution >= 0.6 is 0 Å². The first kappa shape index (κ1) is 22.1. The molecule has 0 aromatic heterocycles. The number of ether oxygens (including phenoxy) is 1. The molecule has 0 aliphatic rings. The van der Waals surface area contributed by atoms with Crippen LogP contribution in [0.2, 0.25) is 0 Å². The highest BCUT2D eigenvalue weighted by Crippen LogP contribution is 2.33. The smallest absolute Gasteiger partial charge is 0.242 e. The van der Waals surface area contributed by atoms with Gasteiger partial charge in [-0.3, -0.25) is 5.01 Å². The van der Waals surface area contributed by atoms with E-state index in [9.17, 15) is 4.55 Å². The van der Waals surface area contributed by atoms with Gasteiger partial charge in [-0.05, 0) is 67.1 Å². The molecule has 0 heterocycles. The van der Waals surface area contributed by atoms with Gasteiger partial charge in [-0.1, -0.05) is 32.9 Å². The van der Waals surface area contributed by atoms with E-state index in [1.165, 1.54) is 10.6 Å². The molecule has 0 amide bonds. The number of aryl methyl sites for hydroxylation is 2. The third-order valence-corrected chi connectivity index (χ3v) is 6.30. The zero-order chi connectivity index (χ0) is 21.2. The fourth-order valence-electron chi connectivity index (χ4n) is 2.77. The molecule has 0 bridgehead atoms. The van der Waals surface area contributed by atoms with E-state index in [4.69, 9.17) is 16.3 Å². The quantitative estimate of drug-likeness (QED) is 0.444. The Kier molecular flexibility index (Phi) is 6.70. The average Bonchev–Trinajstić information content (AvgIpc) is 2.66. The van der Waals surface area contributed by atoms with E-state index >= 15 is 0 Å². The number of nitrogens with two attached hydrogens (primary N) is 2. The van der Waals surface area contributed by atoms with Crippen LogP contribution in [0.4, 0.5) is 5.69 Å².